The van der Waals surface area contributed by atoms with E-state index in [4.69, 9.17) is 4.74 Å². The molecular formula is C21H22FN3O3. The number of carbonyl (C=O) groups is 2. The van der Waals surface area contributed by atoms with E-state index in [-0.39, 0.29) is 29.8 Å². The summed E-state index contributed by atoms with van der Waals surface area (Å²) in [6.07, 6.45) is 6.73. The summed E-state index contributed by atoms with van der Waals surface area (Å²) in [5.74, 6) is 4.45. The van der Waals surface area contributed by atoms with Gasteiger partial charge in [-0.05, 0) is 50.5 Å². The van der Waals surface area contributed by atoms with Gasteiger partial charge in [0, 0.05) is 23.5 Å². The summed E-state index contributed by atoms with van der Waals surface area (Å²) >= 11 is 0. The number of carbonyl (C=O) groups excluding carboxylic acids is 2. The summed E-state index contributed by atoms with van der Waals surface area (Å²) in [5, 5.41) is 3.48. The first-order valence-corrected chi connectivity index (χ1v) is 9.68. The van der Waals surface area contributed by atoms with E-state index in [0.29, 0.717) is 23.2 Å². The standard InChI is InChI=1S/C21H22FN3O3/c1-2-28-21(27)18-12-3-5-13(6-4-12)19(18)25-17(26)8-7-14-10-23-20-16(14)9-15(22)11-24-20/h9-13,18-19H,2-6H2,1H3,(H,23,24)(H,25,26)/t12?,13?,18-,19-/m1/s1. The first kappa shape index (κ1) is 18.5. The predicted molar refractivity (Wildman–Crippen MR) is 100 cm³/mol. The van der Waals surface area contributed by atoms with Crippen LogP contribution in [0.25, 0.3) is 11.0 Å². The summed E-state index contributed by atoms with van der Waals surface area (Å²) in [4.78, 5) is 31.8. The maximum Gasteiger partial charge on any atom is 0.311 e. The van der Waals surface area contributed by atoms with Crippen LogP contribution in [0, 0.1) is 35.4 Å². The lowest BCUT2D eigenvalue weighted by molar-refractivity contribution is -0.156. The lowest BCUT2D eigenvalue weighted by Gasteiger charge is -2.47. The molecule has 2 aromatic rings. The molecule has 0 spiro atoms. The van der Waals surface area contributed by atoms with Crippen molar-refractivity contribution in [3.05, 3.63) is 29.8 Å². The summed E-state index contributed by atoms with van der Waals surface area (Å²) < 4.78 is 18.7. The van der Waals surface area contributed by atoms with E-state index < -0.39 is 11.7 Å². The first-order chi connectivity index (χ1) is 13.6. The van der Waals surface area contributed by atoms with E-state index in [1.165, 1.54) is 6.07 Å². The molecule has 0 unspecified atom stereocenters. The van der Waals surface area contributed by atoms with Crippen molar-refractivity contribution >= 4 is 22.9 Å². The summed E-state index contributed by atoms with van der Waals surface area (Å²) in [6.45, 7) is 2.12. The van der Waals surface area contributed by atoms with Crippen molar-refractivity contribution < 1.29 is 18.7 Å². The Labute approximate surface area is 162 Å². The summed E-state index contributed by atoms with van der Waals surface area (Å²) in [6, 6.07) is 1.09. The number of halogens is 1. The molecule has 3 fully saturated rings. The van der Waals surface area contributed by atoms with Crippen LogP contribution in [-0.2, 0) is 14.3 Å². The predicted octanol–water partition coefficient (Wildman–Crippen LogP) is 2.54. The molecule has 1 amide bonds. The molecule has 0 aliphatic heterocycles. The first-order valence-electron chi connectivity index (χ1n) is 9.68. The van der Waals surface area contributed by atoms with Gasteiger partial charge in [0.2, 0.25) is 0 Å². The number of ether oxygens (including phenoxy) is 1. The van der Waals surface area contributed by atoms with Crippen LogP contribution in [-0.4, -0.2) is 34.5 Å². The molecule has 2 bridgehead atoms. The quantitative estimate of drug-likeness (QED) is 0.630. The third-order valence-corrected chi connectivity index (χ3v) is 5.88. The molecule has 0 saturated heterocycles. The number of nitrogens with one attached hydrogen (secondary N) is 2. The molecule has 5 rings (SSSR count). The van der Waals surface area contributed by atoms with Gasteiger partial charge in [0.25, 0.3) is 5.91 Å². The number of fused-ring (bicyclic) bond motifs is 4. The van der Waals surface area contributed by atoms with Gasteiger partial charge in [0.15, 0.2) is 0 Å². The SMILES string of the molecule is CCOC(=O)[C@@H]1C2CCC(CC2)[C@H]1NC(=O)C#Cc1c[nH]c2ncc(F)cc12. The molecule has 0 radical (unpaired) electrons. The second-order valence-corrected chi connectivity index (χ2v) is 7.45. The van der Waals surface area contributed by atoms with Gasteiger partial charge in [-0.25, -0.2) is 9.37 Å². The second kappa shape index (κ2) is 7.63. The molecule has 7 heteroatoms. The third-order valence-electron chi connectivity index (χ3n) is 5.88. The summed E-state index contributed by atoms with van der Waals surface area (Å²) in [7, 11) is 0. The molecular weight excluding hydrogens is 361 g/mol. The molecule has 3 aliphatic carbocycles. The number of hydrogen-bond acceptors (Lipinski definition) is 4. The molecule has 2 N–H and O–H groups in total. The molecule has 3 aliphatic rings. The van der Waals surface area contributed by atoms with Crippen LogP contribution in [0.1, 0.15) is 38.2 Å². The van der Waals surface area contributed by atoms with Crippen molar-refractivity contribution in [3.63, 3.8) is 0 Å². The molecule has 0 aromatic carbocycles. The number of nitrogens with zero attached hydrogens (tertiary/aromatic N) is 1. The zero-order valence-corrected chi connectivity index (χ0v) is 15.6. The molecule has 6 nitrogen and oxygen atoms in total. The summed E-state index contributed by atoms with van der Waals surface area (Å²) in [5.41, 5.74) is 1.02. The molecule has 2 atom stereocenters. The van der Waals surface area contributed by atoms with Crippen LogP contribution < -0.4 is 5.32 Å². The Hall–Kier alpha value is -2.88. The maximum absolute atomic E-state index is 13.4. The van der Waals surface area contributed by atoms with Crippen molar-refractivity contribution in [3.8, 4) is 11.8 Å². The topological polar surface area (TPSA) is 84.1 Å². The Balaban J connectivity index is 1.52. The highest BCUT2D eigenvalue weighted by Crippen LogP contribution is 2.45. The van der Waals surface area contributed by atoms with Crippen molar-refractivity contribution in [2.75, 3.05) is 6.61 Å². The number of esters is 1. The van der Waals surface area contributed by atoms with Gasteiger partial charge in [-0.2, -0.15) is 0 Å². The van der Waals surface area contributed by atoms with Crippen LogP contribution in [0.4, 0.5) is 4.39 Å². The van der Waals surface area contributed by atoms with Crippen molar-refractivity contribution in [2.45, 2.75) is 38.6 Å². The average Bonchev–Trinajstić information content (AvgIpc) is 3.09. The van der Waals surface area contributed by atoms with Crippen LogP contribution in [0.2, 0.25) is 0 Å². The van der Waals surface area contributed by atoms with Crippen molar-refractivity contribution in [1.29, 1.82) is 0 Å². The zero-order valence-electron chi connectivity index (χ0n) is 15.6. The van der Waals surface area contributed by atoms with Crippen LogP contribution in [0.5, 0.6) is 0 Å². The second-order valence-electron chi connectivity index (χ2n) is 7.45. The zero-order chi connectivity index (χ0) is 19.7. The van der Waals surface area contributed by atoms with E-state index in [2.05, 4.69) is 27.1 Å². The number of hydrogen-bond donors (Lipinski definition) is 2. The van der Waals surface area contributed by atoms with Gasteiger partial charge >= 0.3 is 5.97 Å². The fraction of sp³-hybridized carbons (Fsp3) is 0.476. The van der Waals surface area contributed by atoms with E-state index in [1.807, 2.05) is 0 Å². The van der Waals surface area contributed by atoms with Crippen LogP contribution in [0.3, 0.4) is 0 Å². The van der Waals surface area contributed by atoms with Crippen LogP contribution in [0.15, 0.2) is 18.5 Å². The van der Waals surface area contributed by atoms with Crippen molar-refractivity contribution in [2.24, 2.45) is 17.8 Å². The largest absolute Gasteiger partial charge is 0.466 e. The number of rotatable bonds is 3. The fourth-order valence-electron chi connectivity index (χ4n) is 4.63. The Morgan fingerprint density at radius 1 is 1.32 bits per heavy atom. The molecule has 2 heterocycles. The Morgan fingerprint density at radius 3 is 2.82 bits per heavy atom. The Morgan fingerprint density at radius 2 is 2.07 bits per heavy atom. The highest BCUT2D eigenvalue weighted by molar-refractivity contribution is 5.96. The van der Waals surface area contributed by atoms with Gasteiger partial charge < -0.3 is 15.0 Å². The number of pyridine rings is 1. The molecule has 3 saturated carbocycles. The fourth-order valence-corrected chi connectivity index (χ4v) is 4.63. The van der Waals surface area contributed by atoms with E-state index in [1.54, 1.807) is 13.1 Å². The highest BCUT2D eigenvalue weighted by Gasteiger charge is 2.48. The van der Waals surface area contributed by atoms with Crippen molar-refractivity contribution in [1.82, 2.24) is 15.3 Å². The normalized spacial score (nSPS) is 25.8. The highest BCUT2D eigenvalue weighted by atomic mass is 19.1. The van der Waals surface area contributed by atoms with E-state index in [0.717, 1.165) is 31.9 Å². The number of aromatic amines is 1. The van der Waals surface area contributed by atoms with E-state index in [9.17, 15) is 14.0 Å². The van der Waals surface area contributed by atoms with Gasteiger partial charge in [-0.1, -0.05) is 5.92 Å². The van der Waals surface area contributed by atoms with Gasteiger partial charge in [-0.15, -0.1) is 0 Å². The maximum atomic E-state index is 13.4. The molecule has 28 heavy (non-hydrogen) atoms. The minimum atomic E-state index is -0.463. The Bertz CT molecular complexity index is 966. The smallest absolute Gasteiger partial charge is 0.311 e. The monoisotopic (exact) mass is 383 g/mol. The van der Waals surface area contributed by atoms with Gasteiger partial charge in [-0.3, -0.25) is 9.59 Å². The van der Waals surface area contributed by atoms with E-state index >= 15 is 0 Å². The third kappa shape index (κ3) is 3.47. The minimum Gasteiger partial charge on any atom is -0.466 e. The number of H-pyrrole nitrogens is 1. The van der Waals surface area contributed by atoms with Gasteiger partial charge in [0.05, 0.1) is 24.3 Å². The lowest BCUT2D eigenvalue weighted by Crippen LogP contribution is -2.56. The minimum absolute atomic E-state index is 0.228. The lowest BCUT2D eigenvalue weighted by atomic mass is 9.61. The average molecular weight is 383 g/mol. The molecule has 146 valence electrons. The number of aromatic nitrogens is 2. The van der Waals surface area contributed by atoms with Crippen LogP contribution >= 0.6 is 0 Å². The Kier molecular flexibility index (Phi) is 5.03. The molecule has 2 aromatic heterocycles. The van der Waals surface area contributed by atoms with Gasteiger partial charge in [0.1, 0.15) is 11.5 Å². The number of amides is 1.